The zero-order valence-corrected chi connectivity index (χ0v) is 18.3. The highest BCUT2D eigenvalue weighted by atomic mass is 16.5. The summed E-state index contributed by atoms with van der Waals surface area (Å²) in [6.45, 7) is 5.20. The summed E-state index contributed by atoms with van der Waals surface area (Å²) in [5.74, 6) is 1.21. The molecule has 1 heterocycles. The normalized spacial score (nSPS) is 17.4. The zero-order chi connectivity index (χ0) is 21.8. The van der Waals surface area contributed by atoms with Crippen molar-refractivity contribution in [2.75, 3.05) is 39.5 Å². The molecule has 5 rings (SSSR count). The highest BCUT2D eigenvalue weighted by Crippen LogP contribution is 2.36. The van der Waals surface area contributed by atoms with Crippen LogP contribution in [0.15, 0.2) is 66.7 Å². The number of nitrogens with zero attached hydrogens (tertiary/aromatic N) is 1. The first-order valence-corrected chi connectivity index (χ1v) is 11.4. The molecule has 0 bridgehead atoms. The minimum atomic E-state index is 0.283. The third-order valence-corrected chi connectivity index (χ3v) is 6.30. The van der Waals surface area contributed by atoms with E-state index in [2.05, 4.69) is 53.4 Å². The molecule has 0 amide bonds. The molecule has 4 nitrogen and oxygen atoms in total. The van der Waals surface area contributed by atoms with E-state index in [4.69, 9.17) is 9.47 Å². The third kappa shape index (κ3) is 4.72. The molecule has 0 saturated carbocycles. The number of phenolic OH excluding ortho intramolecular Hbond substituents is 1. The second-order valence-electron chi connectivity index (χ2n) is 8.43. The summed E-state index contributed by atoms with van der Waals surface area (Å²) in [7, 11) is 0. The van der Waals surface area contributed by atoms with E-state index in [1.807, 2.05) is 18.2 Å². The van der Waals surface area contributed by atoms with Crippen molar-refractivity contribution in [1.82, 2.24) is 4.90 Å². The van der Waals surface area contributed by atoms with Crippen LogP contribution in [0.3, 0.4) is 0 Å². The maximum absolute atomic E-state index is 9.95. The van der Waals surface area contributed by atoms with E-state index in [-0.39, 0.29) is 5.75 Å². The van der Waals surface area contributed by atoms with Crippen LogP contribution in [0, 0.1) is 0 Å². The van der Waals surface area contributed by atoms with Gasteiger partial charge < -0.3 is 14.6 Å². The topological polar surface area (TPSA) is 41.9 Å². The van der Waals surface area contributed by atoms with Crippen LogP contribution in [0.5, 0.6) is 11.5 Å². The molecule has 32 heavy (non-hydrogen) atoms. The molecular weight excluding hydrogens is 398 g/mol. The highest BCUT2D eigenvalue weighted by Gasteiger charge is 2.19. The lowest BCUT2D eigenvalue weighted by Gasteiger charge is -2.26. The molecule has 2 aliphatic rings. The summed E-state index contributed by atoms with van der Waals surface area (Å²) in [5, 5.41) is 9.95. The minimum Gasteiger partial charge on any atom is -0.508 e. The number of morpholine rings is 1. The molecule has 3 aromatic carbocycles. The van der Waals surface area contributed by atoms with Gasteiger partial charge in [0.1, 0.15) is 18.1 Å². The number of hydrogen-bond acceptors (Lipinski definition) is 4. The summed E-state index contributed by atoms with van der Waals surface area (Å²) < 4.78 is 11.5. The maximum Gasteiger partial charge on any atom is 0.119 e. The molecular formula is C28H29NO3. The number of aromatic hydroxyl groups is 1. The zero-order valence-electron chi connectivity index (χ0n) is 18.3. The number of fused-ring (bicyclic) bond motifs is 2. The minimum absolute atomic E-state index is 0.283. The maximum atomic E-state index is 9.95. The van der Waals surface area contributed by atoms with Crippen LogP contribution >= 0.6 is 0 Å². The molecule has 0 radical (unpaired) electrons. The van der Waals surface area contributed by atoms with E-state index in [9.17, 15) is 5.11 Å². The molecule has 0 atom stereocenters. The van der Waals surface area contributed by atoms with Crippen molar-refractivity contribution in [1.29, 1.82) is 0 Å². The van der Waals surface area contributed by atoms with E-state index in [0.717, 1.165) is 57.0 Å². The summed E-state index contributed by atoms with van der Waals surface area (Å²) >= 11 is 0. The van der Waals surface area contributed by atoms with E-state index in [0.29, 0.717) is 6.61 Å². The molecule has 1 aliphatic carbocycles. The van der Waals surface area contributed by atoms with Gasteiger partial charge in [-0.25, -0.2) is 0 Å². The molecule has 0 unspecified atom stereocenters. The molecule has 164 valence electrons. The van der Waals surface area contributed by atoms with Crippen molar-refractivity contribution >= 4 is 11.6 Å². The second kappa shape index (κ2) is 9.60. The molecule has 1 aliphatic heterocycles. The summed E-state index contributed by atoms with van der Waals surface area (Å²) in [6, 6.07) is 22.5. The largest absolute Gasteiger partial charge is 0.508 e. The van der Waals surface area contributed by atoms with Crippen molar-refractivity contribution in [3.63, 3.8) is 0 Å². The fourth-order valence-electron chi connectivity index (χ4n) is 4.60. The van der Waals surface area contributed by atoms with Crippen LogP contribution in [0.2, 0.25) is 0 Å². The number of phenols is 1. The molecule has 0 aromatic heterocycles. The van der Waals surface area contributed by atoms with Crippen LogP contribution in [-0.2, 0) is 17.6 Å². The molecule has 3 aromatic rings. The molecule has 1 fully saturated rings. The molecule has 1 N–H and O–H groups in total. The lowest BCUT2D eigenvalue weighted by atomic mass is 9.92. The van der Waals surface area contributed by atoms with Crippen molar-refractivity contribution in [3.8, 4) is 11.5 Å². The van der Waals surface area contributed by atoms with Gasteiger partial charge in [0.05, 0.1) is 13.2 Å². The lowest BCUT2D eigenvalue weighted by molar-refractivity contribution is 0.0322. The average molecular weight is 428 g/mol. The fourth-order valence-corrected chi connectivity index (χ4v) is 4.60. The first-order valence-electron chi connectivity index (χ1n) is 11.4. The number of aryl methyl sites for hydroxylation is 2. The van der Waals surface area contributed by atoms with Gasteiger partial charge in [-0.15, -0.1) is 0 Å². The number of hydrogen-bond donors (Lipinski definition) is 1. The van der Waals surface area contributed by atoms with E-state index >= 15 is 0 Å². The van der Waals surface area contributed by atoms with Crippen LogP contribution in [-0.4, -0.2) is 49.5 Å². The Balaban J connectivity index is 1.43. The Labute approximate surface area is 189 Å². The van der Waals surface area contributed by atoms with E-state index < -0.39 is 0 Å². The summed E-state index contributed by atoms with van der Waals surface area (Å²) in [6.07, 6.45) is 4.16. The number of benzene rings is 3. The number of ether oxygens (including phenoxy) is 2. The molecule has 0 spiro atoms. The Morgan fingerprint density at radius 2 is 1.69 bits per heavy atom. The smallest absolute Gasteiger partial charge is 0.119 e. The summed E-state index contributed by atoms with van der Waals surface area (Å²) in [4.78, 5) is 2.39. The molecule has 4 heteroatoms. The van der Waals surface area contributed by atoms with Gasteiger partial charge in [0.15, 0.2) is 0 Å². The Bertz CT molecular complexity index is 1120. The average Bonchev–Trinajstić information content (AvgIpc) is 2.97. The second-order valence-corrected chi connectivity index (χ2v) is 8.43. The van der Waals surface area contributed by atoms with Gasteiger partial charge in [-0.3, -0.25) is 4.90 Å². The predicted molar refractivity (Wildman–Crippen MR) is 128 cm³/mol. The van der Waals surface area contributed by atoms with Crippen molar-refractivity contribution in [2.45, 2.75) is 12.8 Å². The first kappa shape index (κ1) is 20.8. The van der Waals surface area contributed by atoms with E-state index in [1.165, 1.54) is 27.8 Å². The van der Waals surface area contributed by atoms with Gasteiger partial charge in [0.2, 0.25) is 0 Å². The van der Waals surface area contributed by atoms with Crippen molar-refractivity contribution < 1.29 is 14.6 Å². The Morgan fingerprint density at radius 3 is 2.56 bits per heavy atom. The van der Waals surface area contributed by atoms with Crippen molar-refractivity contribution in [3.05, 3.63) is 94.5 Å². The number of rotatable bonds is 5. The molecule has 1 saturated heterocycles. The summed E-state index contributed by atoms with van der Waals surface area (Å²) in [5.41, 5.74) is 7.34. The quantitative estimate of drug-likeness (QED) is 0.636. The van der Waals surface area contributed by atoms with Gasteiger partial charge in [-0.1, -0.05) is 42.5 Å². The first-order chi connectivity index (χ1) is 15.8. The van der Waals surface area contributed by atoms with Gasteiger partial charge in [-0.2, -0.15) is 0 Å². The van der Waals surface area contributed by atoms with Gasteiger partial charge in [0.25, 0.3) is 0 Å². The Kier molecular flexibility index (Phi) is 6.24. The van der Waals surface area contributed by atoms with Crippen LogP contribution < -0.4 is 4.74 Å². The standard InChI is InChI=1S/C28H29NO3/c30-24-6-3-4-21(18-24)19-28-26-7-2-1-5-22(26)8-9-23-20-25(10-11-27(23)28)32-17-14-29-12-15-31-16-13-29/h1-7,10-11,18-20,30H,8-9,12-17H2/b28-19+. The van der Waals surface area contributed by atoms with Crippen molar-refractivity contribution in [2.24, 2.45) is 0 Å². The van der Waals surface area contributed by atoms with Gasteiger partial charge in [-0.05, 0) is 76.6 Å². The lowest BCUT2D eigenvalue weighted by Crippen LogP contribution is -2.38. The van der Waals surface area contributed by atoms with Crippen LogP contribution in [0.25, 0.3) is 11.6 Å². The Morgan fingerprint density at radius 1 is 0.875 bits per heavy atom. The van der Waals surface area contributed by atoms with E-state index in [1.54, 1.807) is 6.07 Å². The SMILES string of the molecule is Oc1cccc(/C=C2\c3ccccc3CCc3cc(OCCN4CCOCC4)ccc32)c1. The van der Waals surface area contributed by atoms with Crippen LogP contribution in [0.1, 0.15) is 27.8 Å². The van der Waals surface area contributed by atoms with Gasteiger partial charge >= 0.3 is 0 Å². The highest BCUT2D eigenvalue weighted by molar-refractivity contribution is 5.94. The Hall–Kier alpha value is -3.08. The third-order valence-electron chi connectivity index (χ3n) is 6.30. The predicted octanol–water partition coefficient (Wildman–Crippen LogP) is 4.79. The monoisotopic (exact) mass is 427 g/mol. The van der Waals surface area contributed by atoms with Gasteiger partial charge in [0, 0.05) is 19.6 Å². The fraction of sp³-hybridized carbons (Fsp3) is 0.286. The van der Waals surface area contributed by atoms with Crippen LogP contribution in [0.4, 0.5) is 0 Å².